The van der Waals surface area contributed by atoms with Crippen LogP contribution in [0.2, 0.25) is 0 Å². The minimum absolute atomic E-state index is 0.0579. The van der Waals surface area contributed by atoms with Gasteiger partial charge in [0.2, 0.25) is 12.3 Å². The van der Waals surface area contributed by atoms with Crippen LogP contribution in [-0.4, -0.2) is 37.6 Å². The van der Waals surface area contributed by atoms with Crippen molar-refractivity contribution in [2.75, 3.05) is 20.4 Å². The molecule has 0 saturated carbocycles. The van der Waals surface area contributed by atoms with Gasteiger partial charge in [-0.25, -0.2) is 0 Å². The lowest BCUT2D eigenvalue weighted by molar-refractivity contribution is -0.125. The number of aryl methyl sites for hydroxylation is 1. The van der Waals surface area contributed by atoms with Crippen molar-refractivity contribution in [3.05, 3.63) is 46.2 Å². The van der Waals surface area contributed by atoms with E-state index in [0.29, 0.717) is 10.5 Å². The summed E-state index contributed by atoms with van der Waals surface area (Å²) in [5.74, 6) is -5.05. The molecule has 30 heavy (non-hydrogen) atoms. The summed E-state index contributed by atoms with van der Waals surface area (Å²) in [6, 6.07) is 5.60. The van der Waals surface area contributed by atoms with E-state index in [9.17, 15) is 9.59 Å². The number of hydrogen-bond donors (Lipinski definition) is 1. The zero-order valence-electron chi connectivity index (χ0n) is 18.7. The predicted octanol–water partition coefficient (Wildman–Crippen LogP) is 4.09. The first kappa shape index (κ1) is 27.2. The van der Waals surface area contributed by atoms with Crippen LogP contribution in [0.15, 0.2) is 29.5 Å². The maximum Gasteiger partial charge on any atom is 0.313 e. The second-order valence-corrected chi connectivity index (χ2v) is 6.47. The number of amides is 2. The number of allylic oxidation sites excluding steroid dienone is 1. The molecule has 6 nitrogen and oxygen atoms in total. The highest BCUT2D eigenvalue weighted by Crippen LogP contribution is 2.41. The van der Waals surface area contributed by atoms with Gasteiger partial charge in [0.1, 0.15) is 12.4 Å². The number of carbonyl (C=O) groups is 2. The zero-order valence-corrected chi connectivity index (χ0v) is 18.7. The lowest BCUT2D eigenvalue weighted by Gasteiger charge is -2.31. The van der Waals surface area contributed by atoms with Gasteiger partial charge in [-0.1, -0.05) is 27.7 Å². The standard InChI is InChI=1S/C20H25F2N3O3.C2H6/c1-6-28-12-25(11-26)18(17(13(2)3)19(27)24-5)20(21,22)16-8-14(4)7-15(9-16)10-23;1-2/h7-9,11,13H,6,12H2,1-5H3,(H,24,27);1-2H3/b18-17-;. The van der Waals surface area contributed by atoms with Gasteiger partial charge in [-0.15, -0.1) is 0 Å². The first-order valence-electron chi connectivity index (χ1n) is 9.80. The Balaban J connectivity index is 0.00000407. The van der Waals surface area contributed by atoms with Gasteiger partial charge < -0.3 is 10.1 Å². The second kappa shape index (κ2) is 12.7. The van der Waals surface area contributed by atoms with E-state index in [1.54, 1.807) is 27.7 Å². The summed E-state index contributed by atoms with van der Waals surface area (Å²) in [6.07, 6.45) is 0.214. The Hall–Kier alpha value is -2.79. The molecule has 1 aromatic carbocycles. The molecule has 1 rings (SSSR count). The van der Waals surface area contributed by atoms with E-state index in [1.807, 2.05) is 19.9 Å². The number of likely N-dealkylation sites (N-methyl/N-ethyl adjacent to an activating group) is 1. The topological polar surface area (TPSA) is 82.4 Å². The molecule has 1 N–H and O–H groups in total. The second-order valence-electron chi connectivity index (χ2n) is 6.47. The number of ether oxygens (including phenoxy) is 1. The van der Waals surface area contributed by atoms with Gasteiger partial charge >= 0.3 is 5.92 Å². The van der Waals surface area contributed by atoms with Crippen molar-refractivity contribution in [1.29, 1.82) is 5.26 Å². The monoisotopic (exact) mass is 423 g/mol. The first-order valence-corrected chi connectivity index (χ1v) is 9.80. The third-order valence-corrected chi connectivity index (χ3v) is 4.02. The lowest BCUT2D eigenvalue weighted by Crippen LogP contribution is -2.39. The number of nitrogens with one attached hydrogen (secondary N) is 1. The Bertz CT molecular complexity index is 799. The number of hydrogen-bond acceptors (Lipinski definition) is 4. The largest absolute Gasteiger partial charge is 0.361 e. The quantitative estimate of drug-likeness (QED) is 0.368. The maximum absolute atomic E-state index is 15.7. The number of rotatable bonds is 9. The molecular weight excluding hydrogens is 392 g/mol. The van der Waals surface area contributed by atoms with Crippen molar-refractivity contribution < 1.29 is 23.1 Å². The minimum atomic E-state index is -3.72. The number of alkyl halides is 2. The number of nitrogens with zero attached hydrogens (tertiary/aromatic N) is 2. The van der Waals surface area contributed by atoms with E-state index >= 15 is 8.78 Å². The van der Waals surface area contributed by atoms with Crippen LogP contribution in [0.1, 0.15) is 51.3 Å². The summed E-state index contributed by atoms with van der Waals surface area (Å²) in [4.78, 5) is 24.8. The smallest absolute Gasteiger partial charge is 0.313 e. The Kier molecular flexibility index (Phi) is 11.5. The average Bonchev–Trinajstić information content (AvgIpc) is 2.73. The van der Waals surface area contributed by atoms with Gasteiger partial charge in [0.15, 0.2) is 0 Å². The van der Waals surface area contributed by atoms with Crippen LogP contribution in [0, 0.1) is 24.2 Å². The van der Waals surface area contributed by atoms with E-state index in [4.69, 9.17) is 10.00 Å². The molecule has 0 aliphatic carbocycles. The average molecular weight is 424 g/mol. The van der Waals surface area contributed by atoms with Crippen molar-refractivity contribution in [1.82, 2.24) is 10.2 Å². The molecule has 166 valence electrons. The molecule has 0 unspecified atom stereocenters. The number of benzene rings is 1. The molecule has 8 heteroatoms. The Morgan fingerprint density at radius 3 is 2.37 bits per heavy atom. The lowest BCUT2D eigenvalue weighted by atomic mass is 9.92. The van der Waals surface area contributed by atoms with Crippen LogP contribution < -0.4 is 5.32 Å². The molecule has 1 aromatic rings. The Morgan fingerprint density at radius 1 is 1.33 bits per heavy atom. The molecule has 0 atom stereocenters. The van der Waals surface area contributed by atoms with Crippen LogP contribution in [0.3, 0.4) is 0 Å². The molecule has 0 fully saturated rings. The molecule has 0 spiro atoms. The summed E-state index contributed by atoms with van der Waals surface area (Å²) >= 11 is 0. The van der Waals surface area contributed by atoms with E-state index in [0.717, 1.165) is 6.07 Å². The van der Waals surface area contributed by atoms with Crippen LogP contribution in [0.4, 0.5) is 8.78 Å². The summed E-state index contributed by atoms with van der Waals surface area (Å²) in [7, 11) is 1.33. The van der Waals surface area contributed by atoms with Crippen LogP contribution in [0.25, 0.3) is 0 Å². The number of halogens is 2. The van der Waals surface area contributed by atoms with Crippen LogP contribution >= 0.6 is 0 Å². The maximum atomic E-state index is 15.7. The highest BCUT2D eigenvalue weighted by molar-refractivity contribution is 5.95. The van der Waals surface area contributed by atoms with Gasteiger partial charge in [0, 0.05) is 24.8 Å². The van der Waals surface area contributed by atoms with Gasteiger partial charge in [-0.3, -0.25) is 14.5 Å². The van der Waals surface area contributed by atoms with Crippen molar-refractivity contribution >= 4 is 12.3 Å². The first-order chi connectivity index (χ1) is 14.1. The van der Waals surface area contributed by atoms with Gasteiger partial charge in [-0.05, 0) is 43.5 Å². The summed E-state index contributed by atoms with van der Waals surface area (Å²) in [5, 5.41) is 11.5. The summed E-state index contributed by atoms with van der Waals surface area (Å²) < 4.78 is 36.5. The number of carbonyl (C=O) groups excluding carboxylic acids is 2. The molecule has 0 aromatic heterocycles. The third-order valence-electron chi connectivity index (χ3n) is 4.02. The Morgan fingerprint density at radius 2 is 1.93 bits per heavy atom. The molecule has 0 heterocycles. The van der Waals surface area contributed by atoms with E-state index in [-0.39, 0.29) is 24.2 Å². The molecule has 0 saturated heterocycles. The van der Waals surface area contributed by atoms with Crippen LogP contribution in [-0.2, 0) is 20.2 Å². The SMILES string of the molecule is CC.CCOCN(C=O)/C(=C(\C(=O)NC)C(C)C)C(F)(F)c1cc(C)cc(C#N)c1. The third kappa shape index (κ3) is 6.63. The Labute approximate surface area is 177 Å². The summed E-state index contributed by atoms with van der Waals surface area (Å²) in [5.41, 5.74) is -0.965. The normalized spacial score (nSPS) is 11.6. The highest BCUT2D eigenvalue weighted by Gasteiger charge is 2.44. The molecule has 0 aliphatic heterocycles. The fraction of sp³-hybridized carbons (Fsp3) is 0.500. The predicted molar refractivity (Wildman–Crippen MR) is 111 cm³/mol. The van der Waals surface area contributed by atoms with Crippen molar-refractivity contribution in [3.8, 4) is 6.07 Å². The zero-order chi connectivity index (χ0) is 23.5. The molecular formula is C22H31F2N3O3. The van der Waals surface area contributed by atoms with E-state index in [2.05, 4.69) is 5.32 Å². The minimum Gasteiger partial charge on any atom is -0.361 e. The van der Waals surface area contributed by atoms with Gasteiger partial charge in [-0.2, -0.15) is 14.0 Å². The van der Waals surface area contributed by atoms with Gasteiger partial charge in [0.25, 0.3) is 0 Å². The molecule has 0 aliphatic rings. The number of nitriles is 1. The van der Waals surface area contributed by atoms with Crippen molar-refractivity contribution in [3.63, 3.8) is 0 Å². The fourth-order valence-electron chi connectivity index (χ4n) is 2.78. The molecule has 0 bridgehead atoms. The summed E-state index contributed by atoms with van der Waals surface area (Å²) in [6.45, 7) is 10.2. The fourth-order valence-corrected chi connectivity index (χ4v) is 2.78. The van der Waals surface area contributed by atoms with Crippen molar-refractivity contribution in [2.45, 2.75) is 47.5 Å². The molecule has 0 radical (unpaired) electrons. The van der Waals surface area contributed by atoms with Crippen molar-refractivity contribution in [2.24, 2.45) is 5.92 Å². The van der Waals surface area contributed by atoms with Gasteiger partial charge in [0.05, 0.1) is 11.6 Å². The van der Waals surface area contributed by atoms with E-state index in [1.165, 1.54) is 19.2 Å². The van der Waals surface area contributed by atoms with E-state index < -0.39 is 35.7 Å². The molecule has 2 amide bonds. The highest BCUT2D eigenvalue weighted by atomic mass is 19.3. The van der Waals surface area contributed by atoms with Crippen LogP contribution in [0.5, 0.6) is 0 Å².